The number of benzene rings is 1. The van der Waals surface area contributed by atoms with Gasteiger partial charge in [0.1, 0.15) is 0 Å². The summed E-state index contributed by atoms with van der Waals surface area (Å²) in [4.78, 5) is 0. The lowest BCUT2D eigenvalue weighted by atomic mass is 9.96. The fourth-order valence-electron chi connectivity index (χ4n) is 2.38. The molecular formula is C16H22N2O. The van der Waals surface area contributed by atoms with Crippen molar-refractivity contribution < 1.29 is 5.11 Å². The molecule has 0 saturated carbocycles. The zero-order valence-electron chi connectivity index (χ0n) is 12.1. The molecule has 102 valence electrons. The lowest BCUT2D eigenvalue weighted by Gasteiger charge is -2.15. The molecule has 1 heterocycles. The summed E-state index contributed by atoms with van der Waals surface area (Å²) >= 11 is 0. The zero-order valence-corrected chi connectivity index (χ0v) is 12.1. The lowest BCUT2D eigenvalue weighted by Crippen LogP contribution is -2.08. The summed E-state index contributed by atoms with van der Waals surface area (Å²) in [6.07, 6.45) is 1.06. The van der Waals surface area contributed by atoms with Crippen molar-refractivity contribution in [3.63, 3.8) is 0 Å². The predicted octanol–water partition coefficient (Wildman–Crippen LogP) is 2.88. The van der Waals surface area contributed by atoms with Crippen LogP contribution in [0.1, 0.15) is 41.1 Å². The molecule has 19 heavy (non-hydrogen) atoms. The van der Waals surface area contributed by atoms with E-state index in [1.807, 2.05) is 23.9 Å². The van der Waals surface area contributed by atoms with Crippen LogP contribution in [0.25, 0.3) is 0 Å². The third kappa shape index (κ3) is 2.87. The highest BCUT2D eigenvalue weighted by atomic mass is 16.3. The van der Waals surface area contributed by atoms with Gasteiger partial charge in [-0.15, -0.1) is 0 Å². The highest BCUT2D eigenvalue weighted by molar-refractivity contribution is 5.35. The van der Waals surface area contributed by atoms with E-state index in [0.29, 0.717) is 6.42 Å². The van der Waals surface area contributed by atoms with Gasteiger partial charge in [-0.25, -0.2) is 0 Å². The molecule has 0 aliphatic carbocycles. The van der Waals surface area contributed by atoms with Gasteiger partial charge in [0.2, 0.25) is 0 Å². The van der Waals surface area contributed by atoms with Gasteiger partial charge in [-0.05, 0) is 43.0 Å². The smallest absolute Gasteiger partial charge is 0.0847 e. The van der Waals surface area contributed by atoms with Crippen LogP contribution in [0.4, 0.5) is 0 Å². The molecule has 0 aliphatic rings. The van der Waals surface area contributed by atoms with Crippen molar-refractivity contribution in [3.8, 4) is 0 Å². The standard InChI is InChI=1S/C16H22N2O/c1-5-13-9-14(18(4)17-13)10-16(19)15-8-6-7-11(2)12(15)3/h6-9,16,19H,5,10H2,1-4H3. The quantitative estimate of drug-likeness (QED) is 0.915. The van der Waals surface area contributed by atoms with Crippen molar-refractivity contribution in [1.82, 2.24) is 9.78 Å². The van der Waals surface area contributed by atoms with Crippen LogP contribution in [0.15, 0.2) is 24.3 Å². The first-order valence-corrected chi connectivity index (χ1v) is 6.79. The van der Waals surface area contributed by atoms with Gasteiger partial charge in [0, 0.05) is 19.2 Å². The summed E-state index contributed by atoms with van der Waals surface area (Å²) in [6, 6.07) is 8.16. The van der Waals surface area contributed by atoms with Crippen molar-refractivity contribution in [2.75, 3.05) is 0 Å². The number of rotatable bonds is 4. The van der Waals surface area contributed by atoms with Crippen molar-refractivity contribution in [2.45, 2.75) is 39.7 Å². The topological polar surface area (TPSA) is 38.0 Å². The van der Waals surface area contributed by atoms with Gasteiger partial charge in [0.15, 0.2) is 0 Å². The Morgan fingerprint density at radius 3 is 2.68 bits per heavy atom. The van der Waals surface area contributed by atoms with E-state index in [1.165, 1.54) is 11.1 Å². The average molecular weight is 258 g/mol. The Morgan fingerprint density at radius 1 is 1.32 bits per heavy atom. The van der Waals surface area contributed by atoms with E-state index in [-0.39, 0.29) is 0 Å². The predicted molar refractivity (Wildman–Crippen MR) is 77.2 cm³/mol. The number of aryl methyl sites for hydroxylation is 3. The molecule has 0 saturated heterocycles. The Kier molecular flexibility index (Phi) is 4.05. The van der Waals surface area contributed by atoms with E-state index in [1.54, 1.807) is 0 Å². The van der Waals surface area contributed by atoms with Crippen molar-refractivity contribution in [3.05, 3.63) is 52.3 Å². The van der Waals surface area contributed by atoms with E-state index in [2.05, 4.69) is 38.0 Å². The van der Waals surface area contributed by atoms with E-state index in [4.69, 9.17) is 0 Å². The third-order valence-corrected chi connectivity index (χ3v) is 3.80. The van der Waals surface area contributed by atoms with Crippen LogP contribution in [0.3, 0.4) is 0 Å². The molecule has 0 bridgehead atoms. The minimum atomic E-state index is -0.472. The Balaban J connectivity index is 2.22. The second-order valence-corrected chi connectivity index (χ2v) is 5.11. The largest absolute Gasteiger partial charge is 0.388 e. The molecule has 1 atom stereocenters. The second kappa shape index (κ2) is 5.57. The second-order valence-electron chi connectivity index (χ2n) is 5.11. The van der Waals surface area contributed by atoms with E-state index >= 15 is 0 Å². The Bertz CT molecular complexity index is 572. The number of aliphatic hydroxyl groups is 1. The minimum Gasteiger partial charge on any atom is -0.388 e. The zero-order chi connectivity index (χ0) is 14.0. The van der Waals surface area contributed by atoms with E-state index in [9.17, 15) is 5.11 Å². The van der Waals surface area contributed by atoms with Crippen molar-refractivity contribution in [1.29, 1.82) is 0 Å². The first-order chi connectivity index (χ1) is 9.02. The van der Waals surface area contributed by atoms with Crippen LogP contribution in [0.2, 0.25) is 0 Å². The van der Waals surface area contributed by atoms with E-state index in [0.717, 1.165) is 23.4 Å². The summed E-state index contributed by atoms with van der Waals surface area (Å²) in [5.74, 6) is 0. The monoisotopic (exact) mass is 258 g/mol. The maximum absolute atomic E-state index is 10.4. The molecule has 0 amide bonds. The molecule has 0 spiro atoms. The number of aromatic nitrogens is 2. The minimum absolute atomic E-state index is 0.472. The fraction of sp³-hybridized carbons (Fsp3) is 0.438. The number of aliphatic hydroxyl groups excluding tert-OH is 1. The van der Waals surface area contributed by atoms with Gasteiger partial charge < -0.3 is 5.11 Å². The Morgan fingerprint density at radius 2 is 2.05 bits per heavy atom. The van der Waals surface area contributed by atoms with Crippen LogP contribution < -0.4 is 0 Å². The first kappa shape index (κ1) is 13.8. The molecule has 3 nitrogen and oxygen atoms in total. The molecular weight excluding hydrogens is 236 g/mol. The molecule has 0 aliphatic heterocycles. The molecule has 0 radical (unpaired) electrons. The number of hydrogen-bond donors (Lipinski definition) is 1. The SMILES string of the molecule is CCc1cc(CC(O)c2cccc(C)c2C)n(C)n1. The van der Waals surface area contributed by atoms with Gasteiger partial charge in [-0.2, -0.15) is 5.10 Å². The average Bonchev–Trinajstić information content (AvgIpc) is 2.73. The van der Waals surface area contributed by atoms with Gasteiger partial charge in [0.05, 0.1) is 11.8 Å². The molecule has 1 unspecified atom stereocenters. The van der Waals surface area contributed by atoms with Crippen LogP contribution in [-0.2, 0) is 19.9 Å². The highest BCUT2D eigenvalue weighted by Crippen LogP contribution is 2.23. The Hall–Kier alpha value is -1.61. The molecule has 0 fully saturated rings. The summed E-state index contributed by atoms with van der Waals surface area (Å²) in [5.41, 5.74) is 5.55. The maximum atomic E-state index is 10.4. The van der Waals surface area contributed by atoms with Crippen molar-refractivity contribution >= 4 is 0 Å². The van der Waals surface area contributed by atoms with Gasteiger partial charge in [0.25, 0.3) is 0 Å². The fourth-order valence-corrected chi connectivity index (χ4v) is 2.38. The van der Waals surface area contributed by atoms with Crippen LogP contribution in [0.5, 0.6) is 0 Å². The number of hydrogen-bond acceptors (Lipinski definition) is 2. The Labute approximate surface area is 114 Å². The molecule has 2 aromatic rings. The van der Waals surface area contributed by atoms with Crippen LogP contribution in [-0.4, -0.2) is 14.9 Å². The summed E-state index contributed by atoms with van der Waals surface area (Å²) in [7, 11) is 1.93. The third-order valence-electron chi connectivity index (χ3n) is 3.80. The normalized spacial score (nSPS) is 12.7. The summed E-state index contributed by atoms with van der Waals surface area (Å²) in [6.45, 7) is 6.23. The molecule has 1 aromatic heterocycles. The van der Waals surface area contributed by atoms with Gasteiger partial charge in [-0.1, -0.05) is 25.1 Å². The molecule has 3 heteroatoms. The number of nitrogens with zero attached hydrogens (tertiary/aromatic N) is 2. The van der Waals surface area contributed by atoms with E-state index < -0.39 is 6.10 Å². The van der Waals surface area contributed by atoms with Gasteiger partial charge in [-0.3, -0.25) is 4.68 Å². The maximum Gasteiger partial charge on any atom is 0.0847 e. The van der Waals surface area contributed by atoms with Gasteiger partial charge >= 0.3 is 0 Å². The molecule has 1 N–H and O–H groups in total. The lowest BCUT2D eigenvalue weighted by molar-refractivity contribution is 0.175. The van der Waals surface area contributed by atoms with Crippen molar-refractivity contribution in [2.24, 2.45) is 7.05 Å². The van der Waals surface area contributed by atoms with Crippen LogP contribution >= 0.6 is 0 Å². The van der Waals surface area contributed by atoms with Crippen LogP contribution in [0, 0.1) is 13.8 Å². The molecule has 2 rings (SSSR count). The first-order valence-electron chi connectivity index (χ1n) is 6.79. The molecule has 1 aromatic carbocycles. The summed E-state index contributed by atoms with van der Waals surface area (Å²) in [5, 5.41) is 14.9. The highest BCUT2D eigenvalue weighted by Gasteiger charge is 2.14. The summed E-state index contributed by atoms with van der Waals surface area (Å²) < 4.78 is 1.87.